The van der Waals surface area contributed by atoms with Gasteiger partial charge in [-0.2, -0.15) is 0 Å². The molecular formula is C51H92O14. The SMILES string of the molecule is CCCCCC/C=C\C/C=C\CCCCCCCC(=O)OC(COCCCCCCCC/C=C\CCCCCCC)COC1OC(COC2OC(CO)C(O)C(O)C2O)C(O)C(O)C1O. The van der Waals surface area contributed by atoms with Crippen LogP contribution in [0.3, 0.4) is 0 Å². The zero-order chi connectivity index (χ0) is 47.3. The second kappa shape index (κ2) is 39.1. The summed E-state index contributed by atoms with van der Waals surface area (Å²) < 4.78 is 34.2. The molecule has 2 fully saturated rings. The molecule has 0 aromatic heterocycles. The molecule has 0 bridgehead atoms. The third-order valence-corrected chi connectivity index (χ3v) is 12.1. The summed E-state index contributed by atoms with van der Waals surface area (Å²) in [6.45, 7) is 3.63. The lowest BCUT2D eigenvalue weighted by molar-refractivity contribution is -0.332. The number of hydrogen-bond donors (Lipinski definition) is 7. The standard InChI is InChI=1S/C51H92O14/c1-3-5-7-9-11-13-15-17-19-20-22-24-26-28-30-32-34-43(53)63-40(37-60-35-33-31-29-27-25-23-21-18-16-14-12-10-8-6-4-2)38-61-50-49(59)47(57)45(55)42(65-50)39-62-51-48(58)46(56)44(54)41(36-52)64-51/h13,15-16,18-20,40-42,44-52,54-59H,3-12,14,17,21-39H2,1-2H3/b15-13-,18-16-,20-19-. The molecular weight excluding hydrogens is 837 g/mol. The van der Waals surface area contributed by atoms with Crippen LogP contribution in [0.2, 0.25) is 0 Å². The molecule has 14 heteroatoms. The summed E-state index contributed by atoms with van der Waals surface area (Å²) in [5.74, 6) is -0.392. The van der Waals surface area contributed by atoms with Crippen molar-refractivity contribution in [2.45, 2.75) is 248 Å². The maximum absolute atomic E-state index is 13.0. The Kier molecular flexibility index (Phi) is 35.7. The van der Waals surface area contributed by atoms with Crippen LogP contribution in [0, 0.1) is 0 Å². The van der Waals surface area contributed by atoms with Gasteiger partial charge in [-0.25, -0.2) is 0 Å². The van der Waals surface area contributed by atoms with E-state index in [1.165, 1.54) is 83.5 Å². The summed E-state index contributed by atoms with van der Waals surface area (Å²) in [5, 5.41) is 72.1. The summed E-state index contributed by atoms with van der Waals surface area (Å²) in [4.78, 5) is 13.0. The predicted octanol–water partition coefficient (Wildman–Crippen LogP) is 7.41. The maximum Gasteiger partial charge on any atom is 0.306 e. The first-order valence-electron chi connectivity index (χ1n) is 25.6. The number of hydrogen-bond acceptors (Lipinski definition) is 14. The van der Waals surface area contributed by atoms with Crippen LogP contribution in [0.4, 0.5) is 0 Å². The van der Waals surface area contributed by atoms with Gasteiger partial charge in [0.1, 0.15) is 54.9 Å². The predicted molar refractivity (Wildman–Crippen MR) is 252 cm³/mol. The van der Waals surface area contributed by atoms with Crippen LogP contribution in [0.5, 0.6) is 0 Å². The molecule has 380 valence electrons. The first-order valence-corrected chi connectivity index (χ1v) is 25.6. The molecule has 2 rings (SSSR count). The quantitative estimate of drug-likeness (QED) is 0.0181. The van der Waals surface area contributed by atoms with Crippen molar-refractivity contribution in [2.24, 2.45) is 0 Å². The van der Waals surface area contributed by atoms with Gasteiger partial charge < -0.3 is 64.2 Å². The number of carbonyl (C=O) groups excluding carboxylic acids is 1. The highest BCUT2D eigenvalue weighted by Gasteiger charge is 2.47. The van der Waals surface area contributed by atoms with Crippen LogP contribution in [0.15, 0.2) is 36.5 Å². The van der Waals surface area contributed by atoms with Gasteiger partial charge in [-0.15, -0.1) is 0 Å². The topological polar surface area (TPSA) is 214 Å². The van der Waals surface area contributed by atoms with Crippen molar-refractivity contribution in [1.82, 2.24) is 0 Å². The molecule has 0 aromatic carbocycles. The first kappa shape index (κ1) is 59.3. The Morgan fingerprint density at radius 1 is 0.508 bits per heavy atom. The largest absolute Gasteiger partial charge is 0.457 e. The minimum Gasteiger partial charge on any atom is -0.457 e. The van der Waals surface area contributed by atoms with Crippen LogP contribution < -0.4 is 0 Å². The van der Waals surface area contributed by atoms with Crippen molar-refractivity contribution in [3.8, 4) is 0 Å². The van der Waals surface area contributed by atoms with E-state index in [0.29, 0.717) is 13.0 Å². The van der Waals surface area contributed by atoms with E-state index in [-0.39, 0.29) is 19.6 Å². The first-order chi connectivity index (χ1) is 31.6. The number of ether oxygens (including phenoxy) is 6. The lowest BCUT2D eigenvalue weighted by Gasteiger charge is -2.42. The Morgan fingerprint density at radius 2 is 0.954 bits per heavy atom. The molecule has 0 aliphatic carbocycles. The zero-order valence-electron chi connectivity index (χ0n) is 40.2. The minimum atomic E-state index is -1.71. The summed E-state index contributed by atoms with van der Waals surface area (Å²) in [7, 11) is 0. The van der Waals surface area contributed by atoms with Gasteiger partial charge in [0, 0.05) is 13.0 Å². The fourth-order valence-electron chi connectivity index (χ4n) is 7.90. The van der Waals surface area contributed by atoms with Gasteiger partial charge >= 0.3 is 5.97 Å². The third-order valence-electron chi connectivity index (χ3n) is 12.1. The van der Waals surface area contributed by atoms with Crippen LogP contribution >= 0.6 is 0 Å². The van der Waals surface area contributed by atoms with Gasteiger partial charge in [-0.3, -0.25) is 4.79 Å². The van der Waals surface area contributed by atoms with Gasteiger partial charge in [-0.1, -0.05) is 140 Å². The highest BCUT2D eigenvalue weighted by atomic mass is 16.7. The molecule has 0 radical (unpaired) electrons. The van der Waals surface area contributed by atoms with Crippen LogP contribution in [0.1, 0.15) is 181 Å². The van der Waals surface area contributed by atoms with Gasteiger partial charge in [0.25, 0.3) is 0 Å². The van der Waals surface area contributed by atoms with E-state index < -0.39 is 86.7 Å². The monoisotopic (exact) mass is 929 g/mol. The molecule has 7 N–H and O–H groups in total. The van der Waals surface area contributed by atoms with E-state index >= 15 is 0 Å². The average molecular weight is 929 g/mol. The molecule has 0 spiro atoms. The number of carbonyl (C=O) groups is 1. The molecule has 11 unspecified atom stereocenters. The molecule has 2 aliphatic heterocycles. The molecule has 2 heterocycles. The van der Waals surface area contributed by atoms with Gasteiger partial charge in [0.05, 0.1) is 26.4 Å². The van der Waals surface area contributed by atoms with E-state index in [1.54, 1.807) is 0 Å². The highest BCUT2D eigenvalue weighted by molar-refractivity contribution is 5.69. The Hall–Kier alpha value is -1.79. The number of unbranched alkanes of at least 4 members (excludes halogenated alkanes) is 20. The number of allylic oxidation sites excluding steroid dienone is 6. The Bertz CT molecular complexity index is 1220. The van der Waals surface area contributed by atoms with E-state index in [4.69, 9.17) is 28.4 Å². The van der Waals surface area contributed by atoms with Gasteiger partial charge in [0.15, 0.2) is 12.6 Å². The Balaban J connectivity index is 1.79. The number of esters is 1. The van der Waals surface area contributed by atoms with Gasteiger partial charge in [0.2, 0.25) is 0 Å². The smallest absolute Gasteiger partial charge is 0.306 e. The third kappa shape index (κ3) is 27.1. The Labute approximate surface area is 391 Å². The van der Waals surface area contributed by atoms with Crippen molar-refractivity contribution >= 4 is 5.97 Å². The molecule has 0 saturated carbocycles. The molecule has 65 heavy (non-hydrogen) atoms. The molecule has 0 aromatic rings. The molecule has 14 nitrogen and oxygen atoms in total. The second-order valence-electron chi connectivity index (χ2n) is 18.0. The van der Waals surface area contributed by atoms with Crippen molar-refractivity contribution < 1.29 is 69.0 Å². The van der Waals surface area contributed by atoms with Crippen molar-refractivity contribution in [3.63, 3.8) is 0 Å². The number of aliphatic hydroxyl groups excluding tert-OH is 7. The second-order valence-corrected chi connectivity index (χ2v) is 18.0. The van der Waals surface area contributed by atoms with E-state index in [9.17, 15) is 40.5 Å². The molecule has 2 aliphatic rings. The molecule has 11 atom stereocenters. The zero-order valence-corrected chi connectivity index (χ0v) is 40.2. The lowest BCUT2D eigenvalue weighted by Crippen LogP contribution is -2.61. The van der Waals surface area contributed by atoms with Crippen LogP contribution in [-0.2, 0) is 33.2 Å². The van der Waals surface area contributed by atoms with E-state index in [2.05, 4.69) is 50.3 Å². The lowest BCUT2D eigenvalue weighted by atomic mass is 9.98. The van der Waals surface area contributed by atoms with Gasteiger partial charge in [-0.05, 0) is 70.6 Å². The normalized spacial score (nSPS) is 26.8. The average Bonchev–Trinajstić information content (AvgIpc) is 3.30. The summed E-state index contributed by atoms with van der Waals surface area (Å²) in [6, 6.07) is 0. The minimum absolute atomic E-state index is 0.0522. The van der Waals surface area contributed by atoms with Crippen LogP contribution in [0.25, 0.3) is 0 Å². The van der Waals surface area contributed by atoms with Crippen molar-refractivity contribution in [2.75, 3.05) is 33.0 Å². The van der Waals surface area contributed by atoms with E-state index in [0.717, 1.165) is 70.6 Å². The Morgan fingerprint density at radius 3 is 1.51 bits per heavy atom. The summed E-state index contributed by atoms with van der Waals surface area (Å²) >= 11 is 0. The number of aliphatic hydroxyl groups is 7. The maximum atomic E-state index is 13.0. The summed E-state index contributed by atoms with van der Waals surface area (Å²) in [6.07, 6.45) is 26.3. The van der Waals surface area contributed by atoms with Crippen LogP contribution in [-0.4, -0.2) is 142 Å². The molecule has 2 saturated heterocycles. The number of rotatable bonds is 40. The van der Waals surface area contributed by atoms with Crippen molar-refractivity contribution in [1.29, 1.82) is 0 Å². The highest BCUT2D eigenvalue weighted by Crippen LogP contribution is 2.26. The molecule has 0 amide bonds. The fraction of sp³-hybridized carbons (Fsp3) is 0.863. The fourth-order valence-corrected chi connectivity index (χ4v) is 7.90. The van der Waals surface area contributed by atoms with E-state index in [1.807, 2.05) is 0 Å². The summed E-state index contributed by atoms with van der Waals surface area (Å²) in [5.41, 5.74) is 0. The van der Waals surface area contributed by atoms with Crippen molar-refractivity contribution in [3.05, 3.63) is 36.5 Å².